The number of hydrogen-bond acceptors (Lipinski definition) is 2. The summed E-state index contributed by atoms with van der Waals surface area (Å²) in [4.78, 5) is 10.3. The van der Waals surface area contributed by atoms with E-state index in [2.05, 4.69) is 211 Å². The summed E-state index contributed by atoms with van der Waals surface area (Å²) in [6.45, 7) is 0. The minimum Gasteiger partial charge on any atom is -0.309 e. The molecular formula is C56H35N3. The number of benzene rings is 10. The van der Waals surface area contributed by atoms with Crippen molar-refractivity contribution in [2.75, 3.05) is 0 Å². The molecule has 0 N–H and O–H groups in total. The van der Waals surface area contributed by atoms with Crippen LogP contribution in [0.5, 0.6) is 0 Å². The van der Waals surface area contributed by atoms with E-state index >= 15 is 0 Å². The molecule has 3 nitrogen and oxygen atoms in total. The lowest BCUT2D eigenvalue weighted by Crippen LogP contribution is -1.93. The van der Waals surface area contributed by atoms with Gasteiger partial charge in [0.2, 0.25) is 0 Å². The molecule has 2 aromatic heterocycles. The van der Waals surface area contributed by atoms with Gasteiger partial charge in [0.15, 0.2) is 0 Å². The minimum atomic E-state index is 0.864. The third-order valence-electron chi connectivity index (χ3n) is 12.0. The quantitative estimate of drug-likeness (QED) is 0.164. The van der Waals surface area contributed by atoms with Crippen LogP contribution in [0.2, 0.25) is 0 Å². The van der Waals surface area contributed by atoms with Gasteiger partial charge in [0, 0.05) is 32.8 Å². The first kappa shape index (κ1) is 33.3. The van der Waals surface area contributed by atoms with E-state index in [0.29, 0.717) is 0 Å². The molecule has 3 heteroatoms. The zero-order valence-electron chi connectivity index (χ0n) is 32.0. The number of hydrogen-bond donors (Lipinski definition) is 0. The number of para-hydroxylation sites is 2. The van der Waals surface area contributed by atoms with Crippen LogP contribution in [0.3, 0.4) is 0 Å². The predicted molar refractivity (Wildman–Crippen MR) is 248 cm³/mol. The van der Waals surface area contributed by atoms with Gasteiger partial charge in [0.1, 0.15) is 0 Å². The highest BCUT2D eigenvalue weighted by Crippen LogP contribution is 2.40. The lowest BCUT2D eigenvalue weighted by Gasteiger charge is -2.13. The Morgan fingerprint density at radius 2 is 0.847 bits per heavy atom. The molecule has 274 valence electrons. The first-order valence-electron chi connectivity index (χ1n) is 20.2. The maximum absolute atomic E-state index is 5.25. The van der Waals surface area contributed by atoms with Gasteiger partial charge in [0.25, 0.3) is 0 Å². The monoisotopic (exact) mass is 749 g/mol. The van der Waals surface area contributed by atoms with Gasteiger partial charge < -0.3 is 4.57 Å². The maximum atomic E-state index is 5.25. The van der Waals surface area contributed by atoms with Crippen molar-refractivity contribution in [3.63, 3.8) is 0 Å². The van der Waals surface area contributed by atoms with E-state index < -0.39 is 0 Å². The van der Waals surface area contributed by atoms with Crippen LogP contribution in [0.1, 0.15) is 0 Å². The second-order valence-electron chi connectivity index (χ2n) is 15.3. The Hall–Kier alpha value is -7.88. The number of aromatic nitrogens is 3. The standard InChI is InChI=1S/C56H35N3/c1-2-15-41(16-3-1)59-53-26-9-8-19-48(53)49-32-31-39(34-54(49)59)43-23-12-24-44-42(22-11-25-45(43)44)37-29-27-36(28-30-37)38-13-10-14-40(33-38)52-35-57-55-50-20-6-4-17-46(50)47-18-5-7-21-51(47)56(55)58-52/h1-35H. The molecule has 0 aliphatic carbocycles. The summed E-state index contributed by atoms with van der Waals surface area (Å²) >= 11 is 0. The minimum absolute atomic E-state index is 0.864. The summed E-state index contributed by atoms with van der Waals surface area (Å²) < 4.78 is 2.39. The Balaban J connectivity index is 0.907. The van der Waals surface area contributed by atoms with Crippen LogP contribution < -0.4 is 0 Å². The molecule has 0 aliphatic heterocycles. The van der Waals surface area contributed by atoms with Crippen LogP contribution in [0.4, 0.5) is 0 Å². The summed E-state index contributed by atoms with van der Waals surface area (Å²) in [7, 11) is 0. The van der Waals surface area contributed by atoms with E-state index in [1.807, 2.05) is 6.20 Å². The van der Waals surface area contributed by atoms with E-state index in [1.54, 1.807) is 0 Å². The zero-order valence-corrected chi connectivity index (χ0v) is 32.0. The van der Waals surface area contributed by atoms with Crippen molar-refractivity contribution in [2.45, 2.75) is 0 Å². The molecule has 0 amide bonds. The molecule has 0 saturated heterocycles. The number of rotatable bonds is 5. The van der Waals surface area contributed by atoms with E-state index in [0.717, 1.165) is 49.9 Å². The first-order chi connectivity index (χ1) is 29.3. The normalized spacial score (nSPS) is 11.7. The smallest absolute Gasteiger partial charge is 0.0979 e. The highest BCUT2D eigenvalue weighted by atomic mass is 15.0. The van der Waals surface area contributed by atoms with Crippen molar-refractivity contribution in [2.24, 2.45) is 0 Å². The first-order valence-corrected chi connectivity index (χ1v) is 20.2. The van der Waals surface area contributed by atoms with Crippen LogP contribution >= 0.6 is 0 Å². The van der Waals surface area contributed by atoms with Crippen LogP contribution in [0.15, 0.2) is 212 Å². The van der Waals surface area contributed by atoms with Gasteiger partial charge in [-0.25, -0.2) is 4.98 Å². The SMILES string of the molecule is c1ccc(-n2c3ccccc3c3ccc(-c4cccc5c(-c6ccc(-c7cccc(-c8cnc9c%10ccccc%10c%10ccccc%10c9n8)c7)cc6)cccc45)cc32)cc1. The van der Waals surface area contributed by atoms with Crippen molar-refractivity contribution in [1.29, 1.82) is 0 Å². The van der Waals surface area contributed by atoms with E-state index in [9.17, 15) is 0 Å². The van der Waals surface area contributed by atoms with Crippen LogP contribution in [0.25, 0.3) is 115 Å². The zero-order chi connectivity index (χ0) is 38.9. The summed E-state index contributed by atoms with van der Waals surface area (Å²) in [6.07, 6.45) is 1.92. The highest BCUT2D eigenvalue weighted by molar-refractivity contribution is 6.23. The molecule has 2 heterocycles. The van der Waals surface area contributed by atoms with E-state index in [1.165, 1.54) is 65.6 Å². The van der Waals surface area contributed by atoms with Gasteiger partial charge in [-0.2, -0.15) is 0 Å². The molecule has 0 unspecified atom stereocenters. The van der Waals surface area contributed by atoms with Gasteiger partial charge in [-0.05, 0) is 85.3 Å². The number of fused-ring (bicyclic) bond motifs is 10. The Morgan fingerprint density at radius 3 is 1.59 bits per heavy atom. The molecule has 0 spiro atoms. The molecule has 0 bridgehead atoms. The fourth-order valence-corrected chi connectivity index (χ4v) is 9.27. The summed E-state index contributed by atoms with van der Waals surface area (Å²) in [5.41, 5.74) is 14.5. The number of nitrogens with zero attached hydrogens (tertiary/aromatic N) is 3. The van der Waals surface area contributed by atoms with Crippen LogP contribution in [-0.4, -0.2) is 14.5 Å². The van der Waals surface area contributed by atoms with Crippen molar-refractivity contribution >= 4 is 65.2 Å². The second-order valence-corrected chi connectivity index (χ2v) is 15.3. The fourth-order valence-electron chi connectivity index (χ4n) is 9.27. The van der Waals surface area contributed by atoms with Gasteiger partial charge in [-0.3, -0.25) is 4.98 Å². The molecule has 0 fully saturated rings. The summed E-state index contributed by atoms with van der Waals surface area (Å²) in [6, 6.07) is 74.3. The summed E-state index contributed by atoms with van der Waals surface area (Å²) in [5, 5.41) is 9.64. The third-order valence-corrected chi connectivity index (χ3v) is 12.0. The van der Waals surface area contributed by atoms with E-state index in [4.69, 9.17) is 9.97 Å². The van der Waals surface area contributed by atoms with Gasteiger partial charge in [-0.1, -0.05) is 176 Å². The van der Waals surface area contributed by atoms with Crippen molar-refractivity contribution < 1.29 is 0 Å². The highest BCUT2D eigenvalue weighted by Gasteiger charge is 2.16. The Kier molecular flexibility index (Phi) is 7.54. The van der Waals surface area contributed by atoms with Gasteiger partial charge >= 0.3 is 0 Å². The van der Waals surface area contributed by atoms with Gasteiger partial charge in [-0.15, -0.1) is 0 Å². The van der Waals surface area contributed by atoms with Crippen molar-refractivity contribution in [3.05, 3.63) is 212 Å². The molecule has 0 aliphatic rings. The molecule has 0 radical (unpaired) electrons. The Bertz CT molecular complexity index is 3570. The molecule has 10 aromatic carbocycles. The topological polar surface area (TPSA) is 30.7 Å². The fraction of sp³-hybridized carbons (Fsp3) is 0. The second kappa shape index (κ2) is 13.4. The van der Waals surface area contributed by atoms with Crippen LogP contribution in [-0.2, 0) is 0 Å². The lowest BCUT2D eigenvalue weighted by atomic mass is 9.92. The maximum Gasteiger partial charge on any atom is 0.0979 e. The molecule has 0 saturated carbocycles. The average molecular weight is 750 g/mol. The third kappa shape index (κ3) is 5.36. The van der Waals surface area contributed by atoms with Crippen molar-refractivity contribution in [3.8, 4) is 50.3 Å². The largest absolute Gasteiger partial charge is 0.309 e. The molecule has 12 aromatic rings. The Labute approximate surface area is 341 Å². The molecule has 0 atom stereocenters. The summed E-state index contributed by atoms with van der Waals surface area (Å²) in [5.74, 6) is 0. The molecule has 12 rings (SSSR count). The predicted octanol–water partition coefficient (Wildman–Crippen LogP) is 14.9. The van der Waals surface area contributed by atoms with Crippen molar-refractivity contribution in [1.82, 2.24) is 14.5 Å². The molecule has 59 heavy (non-hydrogen) atoms. The molecular weight excluding hydrogens is 715 g/mol. The lowest BCUT2D eigenvalue weighted by molar-refractivity contribution is 1.18. The Morgan fingerprint density at radius 1 is 0.305 bits per heavy atom. The van der Waals surface area contributed by atoms with Crippen LogP contribution in [0, 0.1) is 0 Å². The average Bonchev–Trinajstić information content (AvgIpc) is 3.65. The van der Waals surface area contributed by atoms with E-state index in [-0.39, 0.29) is 0 Å². The van der Waals surface area contributed by atoms with Gasteiger partial charge in [0.05, 0.1) is 34.0 Å².